The van der Waals surface area contributed by atoms with Crippen molar-refractivity contribution in [1.82, 2.24) is 10.2 Å². The van der Waals surface area contributed by atoms with Crippen molar-refractivity contribution in [2.24, 2.45) is 0 Å². The average molecular weight is 397 g/mol. The zero-order valence-electron chi connectivity index (χ0n) is 16.2. The molecule has 5 rings (SSSR count). The number of hydrogen-bond donors (Lipinski definition) is 2. The topological polar surface area (TPSA) is 53.9 Å². The first-order valence-corrected chi connectivity index (χ1v) is 11.1. The summed E-state index contributed by atoms with van der Waals surface area (Å²) >= 11 is 1.77. The molecule has 2 saturated heterocycles. The Bertz CT molecular complexity index is 926. The van der Waals surface area contributed by atoms with E-state index in [0.29, 0.717) is 12.7 Å². The third-order valence-electron chi connectivity index (χ3n) is 6.68. The Labute approximate surface area is 169 Å². The minimum atomic E-state index is -0.966. The van der Waals surface area contributed by atoms with E-state index in [9.17, 15) is 9.59 Å². The molecule has 1 aliphatic carbocycles. The lowest BCUT2D eigenvalue weighted by Crippen LogP contribution is -3.12. The highest BCUT2D eigenvalue weighted by Crippen LogP contribution is 2.32. The van der Waals surface area contributed by atoms with Crippen LogP contribution >= 0.6 is 11.3 Å². The van der Waals surface area contributed by atoms with Crippen LogP contribution < -0.4 is 10.2 Å². The monoisotopic (exact) mass is 396 g/mol. The van der Waals surface area contributed by atoms with Gasteiger partial charge in [-0.25, -0.2) is 9.69 Å². The predicted molar refractivity (Wildman–Crippen MR) is 108 cm³/mol. The van der Waals surface area contributed by atoms with E-state index in [1.807, 2.05) is 13.0 Å². The molecule has 146 valence electrons. The molecule has 0 spiro atoms. The van der Waals surface area contributed by atoms with Gasteiger partial charge in [-0.3, -0.25) is 4.79 Å². The number of carbonyl (C=O) groups is 2. The molecule has 3 heterocycles. The maximum absolute atomic E-state index is 13.4. The second-order valence-electron chi connectivity index (χ2n) is 8.40. The van der Waals surface area contributed by atoms with Gasteiger partial charge in [-0.1, -0.05) is 24.3 Å². The molecule has 3 aliphatic rings. The van der Waals surface area contributed by atoms with Crippen LogP contribution in [0, 0.1) is 0 Å². The van der Waals surface area contributed by atoms with Crippen LogP contribution in [0.3, 0.4) is 0 Å². The van der Waals surface area contributed by atoms with Crippen molar-refractivity contribution >= 4 is 23.3 Å². The smallest absolute Gasteiger partial charge is 0.319 e. The van der Waals surface area contributed by atoms with Crippen molar-refractivity contribution in [2.45, 2.75) is 50.6 Å². The number of nitrogens with one attached hydrogen (secondary N) is 2. The number of likely N-dealkylation sites (tertiary alicyclic amines) is 1. The summed E-state index contributed by atoms with van der Waals surface area (Å²) in [5.41, 5.74) is 2.63. The normalized spacial score (nSPS) is 29.4. The Morgan fingerprint density at radius 3 is 2.89 bits per heavy atom. The van der Waals surface area contributed by atoms with Crippen LogP contribution in [0.1, 0.15) is 53.8 Å². The summed E-state index contributed by atoms with van der Waals surface area (Å²) in [5, 5.41) is 5.09. The van der Waals surface area contributed by atoms with Crippen molar-refractivity contribution in [2.75, 3.05) is 13.2 Å². The Morgan fingerprint density at radius 2 is 2.07 bits per heavy atom. The number of fused-ring (bicyclic) bond motifs is 1. The molecule has 5 nitrogen and oxygen atoms in total. The molecule has 2 aliphatic heterocycles. The number of urea groups is 1. The van der Waals surface area contributed by atoms with Crippen LogP contribution in [-0.2, 0) is 23.2 Å². The summed E-state index contributed by atoms with van der Waals surface area (Å²) in [6, 6.07) is 10.6. The van der Waals surface area contributed by atoms with Crippen molar-refractivity contribution in [3.8, 4) is 0 Å². The van der Waals surface area contributed by atoms with Crippen LogP contribution in [0.5, 0.6) is 0 Å². The highest BCUT2D eigenvalue weighted by molar-refractivity contribution is 7.10. The van der Waals surface area contributed by atoms with Gasteiger partial charge in [-0.15, -0.1) is 11.3 Å². The molecule has 1 aromatic heterocycles. The number of hydrogen-bond acceptors (Lipinski definition) is 3. The molecule has 0 saturated carbocycles. The van der Waals surface area contributed by atoms with Crippen molar-refractivity contribution < 1.29 is 14.5 Å². The van der Waals surface area contributed by atoms with Gasteiger partial charge in [0.2, 0.25) is 0 Å². The molecule has 6 heteroatoms. The van der Waals surface area contributed by atoms with Gasteiger partial charge < -0.3 is 10.2 Å². The quantitative estimate of drug-likeness (QED) is 0.780. The fraction of sp³-hybridized carbons (Fsp3) is 0.455. The molecule has 2 fully saturated rings. The highest BCUT2D eigenvalue weighted by Gasteiger charge is 2.51. The van der Waals surface area contributed by atoms with Crippen LogP contribution in [0.15, 0.2) is 35.7 Å². The van der Waals surface area contributed by atoms with E-state index in [1.54, 1.807) is 11.3 Å². The molecular weight excluding hydrogens is 370 g/mol. The summed E-state index contributed by atoms with van der Waals surface area (Å²) in [4.78, 5) is 30.2. The lowest BCUT2D eigenvalue weighted by Gasteiger charge is -2.26. The number of benzene rings is 1. The zero-order chi connectivity index (χ0) is 19.3. The second kappa shape index (κ2) is 6.71. The summed E-state index contributed by atoms with van der Waals surface area (Å²) in [7, 11) is 0. The molecule has 2 aromatic rings. The minimum Gasteiger partial charge on any atom is -0.319 e. The second-order valence-corrected chi connectivity index (χ2v) is 9.38. The maximum atomic E-state index is 13.4. The average Bonchev–Trinajstić information content (AvgIpc) is 3.47. The van der Waals surface area contributed by atoms with Gasteiger partial charge in [0.15, 0.2) is 6.67 Å². The lowest BCUT2D eigenvalue weighted by atomic mass is 9.90. The van der Waals surface area contributed by atoms with E-state index >= 15 is 0 Å². The standard InChI is InChI=1S/C22H25N3O2S/c1-22(17-10-9-15-5-2-6-16(15)13-17)20(26)25(21(27)23-22)14-24-11-3-7-18(24)19-8-4-12-28-19/h4,8-10,12-13,18H,2-3,5-7,11,14H2,1H3,(H,23,27)/p+1/t18-,22+/m1/s1. The van der Waals surface area contributed by atoms with Gasteiger partial charge in [0, 0.05) is 12.8 Å². The number of aryl methyl sites for hydroxylation is 2. The van der Waals surface area contributed by atoms with E-state index < -0.39 is 5.54 Å². The number of imide groups is 1. The lowest BCUT2D eigenvalue weighted by molar-refractivity contribution is -0.925. The first kappa shape index (κ1) is 17.9. The molecule has 0 radical (unpaired) electrons. The number of quaternary nitrogens is 1. The zero-order valence-corrected chi connectivity index (χ0v) is 17.0. The molecule has 1 aromatic carbocycles. The van der Waals surface area contributed by atoms with Gasteiger partial charge in [0.25, 0.3) is 5.91 Å². The summed E-state index contributed by atoms with van der Waals surface area (Å²) in [6.07, 6.45) is 5.59. The molecule has 28 heavy (non-hydrogen) atoms. The first-order chi connectivity index (χ1) is 13.6. The van der Waals surface area contributed by atoms with E-state index in [-0.39, 0.29) is 11.9 Å². The SMILES string of the molecule is C[C@@]1(c2ccc3c(c2)CCC3)NC(=O)N(C[NH+]2CCC[C@@H]2c2cccs2)C1=O. The van der Waals surface area contributed by atoms with Gasteiger partial charge in [0.05, 0.1) is 11.4 Å². The summed E-state index contributed by atoms with van der Waals surface area (Å²) in [5.74, 6) is -0.125. The molecule has 2 N–H and O–H groups in total. The first-order valence-electron chi connectivity index (χ1n) is 10.2. The number of rotatable bonds is 4. The molecule has 0 bridgehead atoms. The fourth-order valence-electron chi connectivity index (χ4n) is 5.06. The van der Waals surface area contributed by atoms with Crippen LogP contribution in [0.2, 0.25) is 0 Å². The largest absolute Gasteiger partial charge is 0.329 e. The van der Waals surface area contributed by atoms with Crippen molar-refractivity contribution in [1.29, 1.82) is 0 Å². The minimum absolute atomic E-state index is 0.125. The van der Waals surface area contributed by atoms with E-state index in [4.69, 9.17) is 0 Å². The Morgan fingerprint density at radius 1 is 1.21 bits per heavy atom. The van der Waals surface area contributed by atoms with Crippen LogP contribution in [0.25, 0.3) is 0 Å². The van der Waals surface area contributed by atoms with Gasteiger partial charge in [0.1, 0.15) is 11.6 Å². The molecular formula is C22H26N3O2S+. The van der Waals surface area contributed by atoms with E-state index in [2.05, 4.69) is 35.0 Å². The van der Waals surface area contributed by atoms with Gasteiger partial charge in [-0.05, 0) is 54.3 Å². The third kappa shape index (κ3) is 2.78. The summed E-state index contributed by atoms with van der Waals surface area (Å²) in [6.45, 7) is 3.28. The van der Waals surface area contributed by atoms with Crippen molar-refractivity contribution in [3.05, 3.63) is 57.3 Å². The Balaban J connectivity index is 1.38. The Kier molecular flexibility index (Phi) is 4.29. The van der Waals surface area contributed by atoms with Crippen LogP contribution in [0.4, 0.5) is 4.79 Å². The van der Waals surface area contributed by atoms with E-state index in [0.717, 1.165) is 37.8 Å². The highest BCUT2D eigenvalue weighted by atomic mass is 32.1. The predicted octanol–water partition coefficient (Wildman–Crippen LogP) is 2.38. The van der Waals surface area contributed by atoms with Gasteiger partial charge >= 0.3 is 6.03 Å². The number of nitrogens with zero attached hydrogens (tertiary/aromatic N) is 1. The fourth-order valence-corrected chi connectivity index (χ4v) is 5.98. The maximum Gasteiger partial charge on any atom is 0.329 e. The van der Waals surface area contributed by atoms with Crippen LogP contribution in [-0.4, -0.2) is 30.1 Å². The Hall–Kier alpha value is -2.18. The van der Waals surface area contributed by atoms with Crippen molar-refractivity contribution in [3.63, 3.8) is 0 Å². The number of thiophene rings is 1. The molecule has 3 amide bonds. The van der Waals surface area contributed by atoms with E-state index in [1.165, 1.54) is 32.2 Å². The number of carbonyl (C=O) groups excluding carboxylic acids is 2. The number of amides is 3. The third-order valence-corrected chi connectivity index (χ3v) is 7.67. The van der Waals surface area contributed by atoms with Gasteiger partial charge in [-0.2, -0.15) is 0 Å². The summed E-state index contributed by atoms with van der Waals surface area (Å²) < 4.78 is 0. The molecule has 1 unspecified atom stereocenters. The molecule has 3 atom stereocenters.